The summed E-state index contributed by atoms with van der Waals surface area (Å²) in [5.41, 5.74) is 0. The molecule has 2 rings (SSSR count). The molecule has 15 heavy (non-hydrogen) atoms. The highest BCUT2D eigenvalue weighted by molar-refractivity contribution is 7.09. The van der Waals surface area contributed by atoms with E-state index in [-0.39, 0.29) is 0 Å². The summed E-state index contributed by atoms with van der Waals surface area (Å²) in [4.78, 5) is 1.52. The molecule has 1 saturated carbocycles. The van der Waals surface area contributed by atoms with E-state index in [4.69, 9.17) is 0 Å². The fourth-order valence-electron chi connectivity index (χ4n) is 2.30. The molecule has 1 aliphatic rings. The molecule has 0 saturated heterocycles. The van der Waals surface area contributed by atoms with Crippen LogP contribution >= 0.6 is 11.3 Å². The van der Waals surface area contributed by atoms with Crippen LogP contribution in [-0.4, -0.2) is 12.6 Å². The van der Waals surface area contributed by atoms with Gasteiger partial charge in [0.05, 0.1) is 0 Å². The van der Waals surface area contributed by atoms with Crippen LogP contribution in [0, 0.1) is 11.8 Å². The second kappa shape index (κ2) is 5.13. The third kappa shape index (κ3) is 3.05. The molecule has 0 radical (unpaired) electrons. The maximum atomic E-state index is 3.65. The molecular weight excluding hydrogens is 202 g/mol. The van der Waals surface area contributed by atoms with Crippen LogP contribution < -0.4 is 5.32 Å². The van der Waals surface area contributed by atoms with E-state index in [1.165, 1.54) is 24.1 Å². The first kappa shape index (κ1) is 11.2. The quantitative estimate of drug-likeness (QED) is 0.780. The minimum Gasteiger partial charge on any atom is -0.314 e. The molecule has 84 valence electrons. The molecule has 0 bridgehead atoms. The van der Waals surface area contributed by atoms with Gasteiger partial charge in [-0.05, 0) is 49.1 Å². The molecule has 1 aromatic heterocycles. The van der Waals surface area contributed by atoms with Gasteiger partial charge >= 0.3 is 0 Å². The van der Waals surface area contributed by atoms with Crippen molar-refractivity contribution in [1.82, 2.24) is 5.32 Å². The lowest BCUT2D eigenvalue weighted by Crippen LogP contribution is -2.37. The SMILES string of the molecule is CCNC(Cc1cccs1)C(C)C1CC1. The fraction of sp³-hybridized carbons (Fsp3) is 0.692. The normalized spacial score (nSPS) is 20.1. The third-order valence-corrected chi connectivity index (χ3v) is 4.37. The highest BCUT2D eigenvalue weighted by Crippen LogP contribution is 2.39. The zero-order valence-corrected chi connectivity index (χ0v) is 10.5. The number of thiophene rings is 1. The van der Waals surface area contributed by atoms with E-state index >= 15 is 0 Å². The summed E-state index contributed by atoms with van der Waals surface area (Å²) in [7, 11) is 0. The average molecular weight is 223 g/mol. The Hall–Kier alpha value is -0.340. The molecule has 1 N–H and O–H groups in total. The fourth-order valence-corrected chi connectivity index (χ4v) is 3.07. The summed E-state index contributed by atoms with van der Waals surface area (Å²) in [6.07, 6.45) is 4.12. The zero-order valence-electron chi connectivity index (χ0n) is 9.70. The first-order valence-electron chi connectivity index (χ1n) is 6.07. The Morgan fingerprint density at radius 3 is 2.87 bits per heavy atom. The molecule has 0 amide bonds. The van der Waals surface area contributed by atoms with Crippen molar-refractivity contribution in [2.24, 2.45) is 11.8 Å². The predicted octanol–water partition coefficient (Wildman–Crippen LogP) is 3.31. The summed E-state index contributed by atoms with van der Waals surface area (Å²) >= 11 is 1.89. The van der Waals surface area contributed by atoms with Crippen molar-refractivity contribution in [2.45, 2.75) is 39.2 Å². The van der Waals surface area contributed by atoms with Gasteiger partial charge in [-0.15, -0.1) is 11.3 Å². The van der Waals surface area contributed by atoms with Crippen LogP contribution in [0.4, 0.5) is 0 Å². The summed E-state index contributed by atoms with van der Waals surface area (Å²) in [5.74, 6) is 1.83. The van der Waals surface area contributed by atoms with Crippen molar-refractivity contribution in [3.63, 3.8) is 0 Å². The van der Waals surface area contributed by atoms with Crippen LogP contribution in [0.15, 0.2) is 17.5 Å². The Bertz CT molecular complexity index is 277. The second-order valence-corrected chi connectivity index (χ2v) is 5.68. The van der Waals surface area contributed by atoms with E-state index < -0.39 is 0 Å². The molecule has 1 aliphatic carbocycles. The van der Waals surface area contributed by atoms with Gasteiger partial charge < -0.3 is 5.32 Å². The molecular formula is C13H21NS. The van der Waals surface area contributed by atoms with Crippen LogP contribution in [-0.2, 0) is 6.42 Å². The van der Waals surface area contributed by atoms with Crippen LogP contribution in [0.25, 0.3) is 0 Å². The molecule has 2 heteroatoms. The summed E-state index contributed by atoms with van der Waals surface area (Å²) in [6.45, 7) is 5.72. The van der Waals surface area contributed by atoms with Gasteiger partial charge in [-0.1, -0.05) is 19.9 Å². The Kier molecular flexibility index (Phi) is 3.81. The number of rotatable bonds is 6. The lowest BCUT2D eigenvalue weighted by molar-refractivity contribution is 0.346. The van der Waals surface area contributed by atoms with E-state index in [2.05, 4.69) is 36.7 Å². The number of nitrogens with one attached hydrogen (secondary N) is 1. The van der Waals surface area contributed by atoms with Gasteiger partial charge in [-0.2, -0.15) is 0 Å². The van der Waals surface area contributed by atoms with Crippen molar-refractivity contribution in [1.29, 1.82) is 0 Å². The summed E-state index contributed by atoms with van der Waals surface area (Å²) in [5, 5.41) is 5.83. The topological polar surface area (TPSA) is 12.0 Å². The van der Waals surface area contributed by atoms with Gasteiger partial charge in [0.2, 0.25) is 0 Å². The second-order valence-electron chi connectivity index (χ2n) is 4.64. The van der Waals surface area contributed by atoms with Crippen molar-refractivity contribution < 1.29 is 0 Å². The number of likely N-dealkylation sites (N-methyl/N-ethyl adjacent to an activating group) is 1. The molecule has 1 heterocycles. The molecule has 1 nitrogen and oxygen atoms in total. The number of hydrogen-bond acceptors (Lipinski definition) is 2. The van der Waals surface area contributed by atoms with E-state index in [1.54, 1.807) is 0 Å². The minimum atomic E-state index is 0.682. The first-order chi connectivity index (χ1) is 7.31. The lowest BCUT2D eigenvalue weighted by atomic mass is 9.93. The van der Waals surface area contributed by atoms with Gasteiger partial charge in [0.25, 0.3) is 0 Å². The smallest absolute Gasteiger partial charge is 0.0143 e. The third-order valence-electron chi connectivity index (χ3n) is 3.47. The Balaban J connectivity index is 1.92. The van der Waals surface area contributed by atoms with Crippen LogP contribution in [0.2, 0.25) is 0 Å². The van der Waals surface area contributed by atoms with Crippen LogP contribution in [0.1, 0.15) is 31.6 Å². The zero-order chi connectivity index (χ0) is 10.7. The van der Waals surface area contributed by atoms with Crippen molar-refractivity contribution in [3.05, 3.63) is 22.4 Å². The molecule has 2 unspecified atom stereocenters. The van der Waals surface area contributed by atoms with Gasteiger partial charge in [0.15, 0.2) is 0 Å². The molecule has 0 aromatic carbocycles. The summed E-state index contributed by atoms with van der Waals surface area (Å²) in [6, 6.07) is 5.10. The standard InChI is InChI=1S/C13H21NS/c1-3-14-13(10(2)11-6-7-11)9-12-5-4-8-15-12/h4-5,8,10-11,13-14H,3,6-7,9H2,1-2H3. The van der Waals surface area contributed by atoms with Gasteiger partial charge in [0.1, 0.15) is 0 Å². The predicted molar refractivity (Wildman–Crippen MR) is 67.4 cm³/mol. The van der Waals surface area contributed by atoms with Gasteiger partial charge in [-0.3, -0.25) is 0 Å². The summed E-state index contributed by atoms with van der Waals surface area (Å²) < 4.78 is 0. The Morgan fingerprint density at radius 1 is 1.53 bits per heavy atom. The van der Waals surface area contributed by atoms with Crippen LogP contribution in [0.3, 0.4) is 0 Å². The Labute approximate surface area is 96.9 Å². The van der Waals surface area contributed by atoms with Crippen molar-refractivity contribution in [2.75, 3.05) is 6.54 Å². The van der Waals surface area contributed by atoms with E-state index in [1.807, 2.05) is 11.3 Å². The maximum Gasteiger partial charge on any atom is 0.0143 e. The van der Waals surface area contributed by atoms with Crippen molar-refractivity contribution in [3.8, 4) is 0 Å². The monoisotopic (exact) mass is 223 g/mol. The highest BCUT2D eigenvalue weighted by atomic mass is 32.1. The van der Waals surface area contributed by atoms with Crippen molar-refractivity contribution >= 4 is 11.3 Å². The Morgan fingerprint density at radius 2 is 2.33 bits per heavy atom. The molecule has 1 fully saturated rings. The van der Waals surface area contributed by atoms with E-state index in [9.17, 15) is 0 Å². The molecule has 0 aliphatic heterocycles. The van der Waals surface area contributed by atoms with E-state index in [0.717, 1.165) is 18.4 Å². The van der Waals surface area contributed by atoms with E-state index in [0.29, 0.717) is 6.04 Å². The molecule has 1 aromatic rings. The molecule has 0 spiro atoms. The highest BCUT2D eigenvalue weighted by Gasteiger charge is 2.32. The lowest BCUT2D eigenvalue weighted by Gasteiger charge is -2.24. The largest absolute Gasteiger partial charge is 0.314 e. The number of hydrogen-bond donors (Lipinski definition) is 1. The maximum absolute atomic E-state index is 3.65. The van der Waals surface area contributed by atoms with Gasteiger partial charge in [0, 0.05) is 10.9 Å². The average Bonchev–Trinajstić information content (AvgIpc) is 2.96. The minimum absolute atomic E-state index is 0.682. The first-order valence-corrected chi connectivity index (χ1v) is 6.95. The molecule has 2 atom stereocenters. The van der Waals surface area contributed by atoms with Crippen LogP contribution in [0.5, 0.6) is 0 Å². The van der Waals surface area contributed by atoms with Gasteiger partial charge in [-0.25, -0.2) is 0 Å².